The van der Waals surface area contributed by atoms with E-state index < -0.39 is 0 Å². The molecule has 1 unspecified atom stereocenters. The minimum atomic E-state index is -0.160. The highest BCUT2D eigenvalue weighted by atomic mass is 16.3. The van der Waals surface area contributed by atoms with Crippen LogP contribution in [0.3, 0.4) is 0 Å². The average Bonchev–Trinajstić information content (AvgIpc) is 2.09. The molecule has 0 aromatic heterocycles. The molecule has 0 heterocycles. The van der Waals surface area contributed by atoms with Crippen LogP contribution in [-0.2, 0) is 0 Å². The molecule has 0 rings (SSSR count). The van der Waals surface area contributed by atoms with Crippen LogP contribution in [0.25, 0.3) is 0 Å². The van der Waals surface area contributed by atoms with Gasteiger partial charge in [0.15, 0.2) is 0 Å². The first-order valence-electron chi connectivity index (χ1n) is 5.66. The van der Waals surface area contributed by atoms with Crippen LogP contribution in [0.2, 0.25) is 0 Å². The summed E-state index contributed by atoms with van der Waals surface area (Å²) in [5.74, 6) is 0. The molecule has 0 aliphatic rings. The summed E-state index contributed by atoms with van der Waals surface area (Å²) in [4.78, 5) is 0. The van der Waals surface area contributed by atoms with Gasteiger partial charge in [-0.25, -0.2) is 0 Å². The van der Waals surface area contributed by atoms with Gasteiger partial charge in [0, 0.05) is 0 Å². The SMILES string of the molecule is CCCCCCCNCCC(C)O. The molecular weight excluding hydrogens is 162 g/mol. The van der Waals surface area contributed by atoms with Crippen molar-refractivity contribution in [3.63, 3.8) is 0 Å². The van der Waals surface area contributed by atoms with Gasteiger partial charge in [0.2, 0.25) is 0 Å². The molecule has 0 amide bonds. The molecule has 0 saturated carbocycles. The van der Waals surface area contributed by atoms with E-state index in [1.165, 1.54) is 32.1 Å². The number of nitrogens with one attached hydrogen (secondary N) is 1. The zero-order valence-corrected chi connectivity index (χ0v) is 9.18. The molecule has 2 N–H and O–H groups in total. The Labute approximate surface area is 82.7 Å². The van der Waals surface area contributed by atoms with E-state index in [0.717, 1.165) is 19.5 Å². The first-order chi connectivity index (χ1) is 6.27. The number of aliphatic hydroxyl groups is 1. The number of aliphatic hydroxyl groups excluding tert-OH is 1. The minimum Gasteiger partial charge on any atom is -0.393 e. The smallest absolute Gasteiger partial charge is 0.0524 e. The topological polar surface area (TPSA) is 32.3 Å². The summed E-state index contributed by atoms with van der Waals surface area (Å²) in [6.45, 7) is 6.13. The first-order valence-corrected chi connectivity index (χ1v) is 5.66. The summed E-state index contributed by atoms with van der Waals surface area (Å²) >= 11 is 0. The van der Waals surface area contributed by atoms with Crippen LogP contribution in [0, 0.1) is 0 Å². The molecule has 13 heavy (non-hydrogen) atoms. The molecule has 0 aliphatic heterocycles. The lowest BCUT2D eigenvalue weighted by Gasteiger charge is -2.05. The molecule has 0 aromatic carbocycles. The number of hydrogen-bond donors (Lipinski definition) is 2. The highest BCUT2D eigenvalue weighted by Gasteiger charge is 1.94. The Kier molecular flexibility index (Phi) is 9.94. The van der Waals surface area contributed by atoms with Crippen molar-refractivity contribution in [1.29, 1.82) is 0 Å². The Bertz CT molecular complexity index is 94.1. The standard InChI is InChI=1S/C11H25NO/c1-3-4-5-6-7-9-12-10-8-11(2)13/h11-13H,3-10H2,1-2H3. The molecule has 0 saturated heterocycles. The Hall–Kier alpha value is -0.0800. The summed E-state index contributed by atoms with van der Waals surface area (Å²) in [6.07, 6.45) is 7.38. The van der Waals surface area contributed by atoms with Crippen LogP contribution >= 0.6 is 0 Å². The molecule has 0 bridgehead atoms. The monoisotopic (exact) mass is 187 g/mol. The maximum Gasteiger partial charge on any atom is 0.0524 e. The van der Waals surface area contributed by atoms with Crippen molar-refractivity contribution < 1.29 is 5.11 Å². The van der Waals surface area contributed by atoms with Gasteiger partial charge in [-0.05, 0) is 32.9 Å². The third-order valence-electron chi connectivity index (χ3n) is 2.20. The van der Waals surface area contributed by atoms with Gasteiger partial charge in [-0.15, -0.1) is 0 Å². The van der Waals surface area contributed by atoms with Crippen LogP contribution in [0.4, 0.5) is 0 Å². The van der Waals surface area contributed by atoms with Crippen LogP contribution in [0.15, 0.2) is 0 Å². The Balaban J connectivity index is 2.84. The van der Waals surface area contributed by atoms with E-state index in [-0.39, 0.29) is 6.10 Å². The quantitative estimate of drug-likeness (QED) is 0.543. The molecule has 2 heteroatoms. The first kappa shape index (κ1) is 12.9. The van der Waals surface area contributed by atoms with E-state index in [2.05, 4.69) is 12.2 Å². The number of hydrogen-bond acceptors (Lipinski definition) is 2. The van der Waals surface area contributed by atoms with Gasteiger partial charge >= 0.3 is 0 Å². The summed E-state index contributed by atoms with van der Waals surface area (Å²) in [5, 5.41) is 12.3. The second-order valence-electron chi connectivity index (χ2n) is 3.80. The van der Waals surface area contributed by atoms with Crippen LogP contribution in [-0.4, -0.2) is 24.3 Å². The number of unbranched alkanes of at least 4 members (excludes halogenated alkanes) is 4. The second kappa shape index (κ2) is 10.0. The van der Waals surface area contributed by atoms with E-state index >= 15 is 0 Å². The van der Waals surface area contributed by atoms with Gasteiger partial charge in [0.1, 0.15) is 0 Å². The lowest BCUT2D eigenvalue weighted by Crippen LogP contribution is -2.20. The molecule has 2 nitrogen and oxygen atoms in total. The van der Waals surface area contributed by atoms with Gasteiger partial charge in [0.25, 0.3) is 0 Å². The molecule has 0 aliphatic carbocycles. The van der Waals surface area contributed by atoms with Gasteiger partial charge in [0.05, 0.1) is 6.10 Å². The fourth-order valence-electron chi connectivity index (χ4n) is 1.29. The Morgan fingerprint density at radius 1 is 1.08 bits per heavy atom. The lowest BCUT2D eigenvalue weighted by molar-refractivity contribution is 0.184. The van der Waals surface area contributed by atoms with E-state index in [4.69, 9.17) is 5.11 Å². The van der Waals surface area contributed by atoms with Crippen molar-refractivity contribution in [3.05, 3.63) is 0 Å². The highest BCUT2D eigenvalue weighted by molar-refractivity contribution is 4.52. The maximum atomic E-state index is 8.99. The summed E-state index contributed by atoms with van der Waals surface area (Å²) in [5.41, 5.74) is 0. The molecule has 80 valence electrons. The maximum absolute atomic E-state index is 8.99. The fourth-order valence-corrected chi connectivity index (χ4v) is 1.29. The second-order valence-corrected chi connectivity index (χ2v) is 3.80. The Morgan fingerprint density at radius 2 is 1.77 bits per heavy atom. The molecule has 0 spiro atoms. The zero-order valence-electron chi connectivity index (χ0n) is 9.18. The van der Waals surface area contributed by atoms with Crippen molar-refractivity contribution >= 4 is 0 Å². The number of rotatable bonds is 9. The third kappa shape index (κ3) is 11.9. The van der Waals surface area contributed by atoms with Gasteiger partial charge in [-0.2, -0.15) is 0 Å². The van der Waals surface area contributed by atoms with Crippen LogP contribution in [0.5, 0.6) is 0 Å². The van der Waals surface area contributed by atoms with Gasteiger partial charge in [-0.1, -0.05) is 32.6 Å². The van der Waals surface area contributed by atoms with Crippen molar-refractivity contribution in [2.45, 2.75) is 58.5 Å². The molecule has 0 fully saturated rings. The molecular formula is C11H25NO. The van der Waals surface area contributed by atoms with E-state index in [9.17, 15) is 0 Å². The Morgan fingerprint density at radius 3 is 2.38 bits per heavy atom. The summed E-state index contributed by atoms with van der Waals surface area (Å²) in [7, 11) is 0. The zero-order chi connectivity index (χ0) is 9.94. The van der Waals surface area contributed by atoms with Crippen molar-refractivity contribution in [3.8, 4) is 0 Å². The van der Waals surface area contributed by atoms with Crippen molar-refractivity contribution in [2.24, 2.45) is 0 Å². The van der Waals surface area contributed by atoms with Crippen LogP contribution < -0.4 is 5.32 Å². The molecule has 1 atom stereocenters. The normalized spacial score (nSPS) is 13.2. The van der Waals surface area contributed by atoms with Crippen molar-refractivity contribution in [2.75, 3.05) is 13.1 Å². The van der Waals surface area contributed by atoms with E-state index in [0.29, 0.717) is 0 Å². The van der Waals surface area contributed by atoms with Gasteiger partial charge < -0.3 is 10.4 Å². The van der Waals surface area contributed by atoms with Crippen molar-refractivity contribution in [1.82, 2.24) is 5.32 Å². The average molecular weight is 187 g/mol. The fraction of sp³-hybridized carbons (Fsp3) is 1.00. The third-order valence-corrected chi connectivity index (χ3v) is 2.20. The van der Waals surface area contributed by atoms with E-state index in [1.807, 2.05) is 6.92 Å². The summed E-state index contributed by atoms with van der Waals surface area (Å²) < 4.78 is 0. The minimum absolute atomic E-state index is 0.160. The van der Waals surface area contributed by atoms with Gasteiger partial charge in [-0.3, -0.25) is 0 Å². The molecule has 0 radical (unpaired) electrons. The lowest BCUT2D eigenvalue weighted by atomic mass is 10.1. The van der Waals surface area contributed by atoms with Crippen LogP contribution in [0.1, 0.15) is 52.4 Å². The van der Waals surface area contributed by atoms with E-state index in [1.54, 1.807) is 0 Å². The summed E-state index contributed by atoms with van der Waals surface area (Å²) in [6, 6.07) is 0. The largest absolute Gasteiger partial charge is 0.393 e. The molecule has 0 aromatic rings. The predicted molar refractivity (Wildman–Crippen MR) is 57.9 cm³/mol. The highest BCUT2D eigenvalue weighted by Crippen LogP contribution is 2.01. The predicted octanol–water partition coefficient (Wildman–Crippen LogP) is 2.32.